The van der Waals surface area contributed by atoms with Crippen LogP contribution in [0.3, 0.4) is 0 Å². The van der Waals surface area contributed by atoms with Gasteiger partial charge < -0.3 is 21.2 Å². The number of carbonyl (C=O) groups excluding carboxylic acids is 1. The smallest absolute Gasteiger partial charge is 0.250 e. The predicted octanol–water partition coefficient (Wildman–Crippen LogP) is 2.52. The molecule has 0 aliphatic carbocycles. The molecule has 0 spiro atoms. The summed E-state index contributed by atoms with van der Waals surface area (Å²) >= 11 is 0. The van der Waals surface area contributed by atoms with E-state index in [0.717, 1.165) is 16.5 Å². The number of rotatable bonds is 3. The van der Waals surface area contributed by atoms with E-state index in [2.05, 4.69) is 4.98 Å². The maximum Gasteiger partial charge on any atom is 0.250 e. The topological polar surface area (TPSA) is 94.1 Å². The van der Waals surface area contributed by atoms with Crippen molar-refractivity contribution in [1.29, 1.82) is 0 Å². The SMILES string of the molecule is COc1c(N)cccc1-c1ccc(C(N)=O)c2[nH]ccc12. The average Bonchev–Trinajstić information content (AvgIpc) is 2.95. The molecule has 1 amide bonds. The van der Waals surface area contributed by atoms with Crippen molar-refractivity contribution >= 4 is 22.5 Å². The maximum atomic E-state index is 11.5. The van der Waals surface area contributed by atoms with E-state index >= 15 is 0 Å². The fraction of sp³-hybridized carbons (Fsp3) is 0.0625. The molecule has 5 heteroatoms. The summed E-state index contributed by atoms with van der Waals surface area (Å²) in [7, 11) is 1.58. The third kappa shape index (κ3) is 1.99. The summed E-state index contributed by atoms with van der Waals surface area (Å²) in [4.78, 5) is 14.6. The number of hydrogen-bond donors (Lipinski definition) is 3. The minimum absolute atomic E-state index is 0.460. The maximum absolute atomic E-state index is 11.5. The summed E-state index contributed by atoms with van der Waals surface area (Å²) in [5.74, 6) is 0.153. The number of hydrogen-bond acceptors (Lipinski definition) is 3. The van der Waals surface area contributed by atoms with Gasteiger partial charge in [0, 0.05) is 17.1 Å². The molecule has 5 nitrogen and oxygen atoms in total. The molecule has 0 aliphatic heterocycles. The van der Waals surface area contributed by atoms with Crippen LogP contribution in [0.4, 0.5) is 5.69 Å². The number of benzene rings is 2. The van der Waals surface area contributed by atoms with Crippen LogP contribution in [0, 0.1) is 0 Å². The van der Waals surface area contributed by atoms with Crippen LogP contribution in [0.5, 0.6) is 5.75 Å². The molecule has 3 rings (SSSR count). The van der Waals surface area contributed by atoms with E-state index in [4.69, 9.17) is 16.2 Å². The number of nitrogen functional groups attached to an aromatic ring is 1. The highest BCUT2D eigenvalue weighted by atomic mass is 16.5. The number of methoxy groups -OCH3 is 1. The molecule has 5 N–H and O–H groups in total. The zero-order valence-electron chi connectivity index (χ0n) is 11.5. The molecule has 0 unspecified atom stereocenters. The van der Waals surface area contributed by atoms with Crippen molar-refractivity contribution in [2.24, 2.45) is 5.73 Å². The van der Waals surface area contributed by atoms with Gasteiger partial charge in [0.1, 0.15) is 5.75 Å². The molecule has 0 bridgehead atoms. The van der Waals surface area contributed by atoms with Crippen molar-refractivity contribution < 1.29 is 9.53 Å². The summed E-state index contributed by atoms with van der Waals surface area (Å²) in [5, 5.41) is 0.898. The third-order valence-corrected chi connectivity index (χ3v) is 3.53. The average molecular weight is 281 g/mol. The molecule has 0 atom stereocenters. The zero-order valence-corrected chi connectivity index (χ0v) is 11.5. The highest BCUT2D eigenvalue weighted by molar-refractivity contribution is 6.09. The van der Waals surface area contributed by atoms with Gasteiger partial charge in [-0.1, -0.05) is 18.2 Å². The Morgan fingerprint density at radius 2 is 1.95 bits per heavy atom. The molecule has 0 fully saturated rings. The van der Waals surface area contributed by atoms with Gasteiger partial charge in [0.15, 0.2) is 0 Å². The molecule has 2 aromatic carbocycles. The number of nitrogens with one attached hydrogen (secondary N) is 1. The van der Waals surface area contributed by atoms with Gasteiger partial charge in [0.05, 0.1) is 23.9 Å². The Labute approximate surface area is 121 Å². The standard InChI is InChI=1S/C16H15N3O2/c1-21-15-11(3-2-4-13(15)17)9-5-6-12(16(18)20)14-10(9)7-8-19-14/h2-8,19H,17H2,1H3,(H2,18,20). The van der Waals surface area contributed by atoms with Crippen molar-refractivity contribution in [2.45, 2.75) is 0 Å². The molecular formula is C16H15N3O2. The van der Waals surface area contributed by atoms with E-state index in [9.17, 15) is 4.79 Å². The summed E-state index contributed by atoms with van der Waals surface area (Å²) in [6, 6.07) is 11.1. The first-order valence-corrected chi connectivity index (χ1v) is 6.46. The van der Waals surface area contributed by atoms with Gasteiger partial charge in [-0.2, -0.15) is 0 Å². The second kappa shape index (κ2) is 4.86. The Morgan fingerprint density at radius 1 is 1.14 bits per heavy atom. The molecule has 0 saturated carbocycles. The normalized spacial score (nSPS) is 10.7. The molecular weight excluding hydrogens is 266 g/mol. The molecule has 3 aromatic rings. The number of primary amides is 1. The van der Waals surface area contributed by atoms with Crippen LogP contribution in [0.15, 0.2) is 42.6 Å². The number of aromatic nitrogens is 1. The second-order valence-electron chi connectivity index (χ2n) is 4.72. The number of carbonyl (C=O) groups is 1. The van der Waals surface area contributed by atoms with Crippen LogP contribution in [-0.2, 0) is 0 Å². The van der Waals surface area contributed by atoms with Crippen molar-refractivity contribution in [2.75, 3.05) is 12.8 Å². The van der Waals surface area contributed by atoms with Crippen LogP contribution in [0.25, 0.3) is 22.0 Å². The third-order valence-electron chi connectivity index (χ3n) is 3.53. The lowest BCUT2D eigenvalue weighted by atomic mass is 9.97. The monoisotopic (exact) mass is 281 g/mol. The van der Waals surface area contributed by atoms with Gasteiger partial charge in [-0.25, -0.2) is 0 Å². The lowest BCUT2D eigenvalue weighted by molar-refractivity contribution is 0.100. The van der Waals surface area contributed by atoms with Gasteiger partial charge in [-0.3, -0.25) is 4.79 Å². The lowest BCUT2D eigenvalue weighted by Gasteiger charge is -2.12. The summed E-state index contributed by atoms with van der Waals surface area (Å²) in [6.45, 7) is 0. The zero-order chi connectivity index (χ0) is 15.0. The minimum Gasteiger partial charge on any atom is -0.494 e. The summed E-state index contributed by atoms with van der Waals surface area (Å²) in [5.41, 5.74) is 14.9. The van der Waals surface area contributed by atoms with E-state index in [-0.39, 0.29) is 0 Å². The number of ether oxygens (including phenoxy) is 1. The Bertz CT molecular complexity index is 837. The minimum atomic E-state index is -0.464. The molecule has 21 heavy (non-hydrogen) atoms. The predicted molar refractivity (Wildman–Crippen MR) is 83.2 cm³/mol. The lowest BCUT2D eigenvalue weighted by Crippen LogP contribution is -2.11. The van der Waals surface area contributed by atoms with Crippen LogP contribution in [0.1, 0.15) is 10.4 Å². The van der Waals surface area contributed by atoms with Crippen LogP contribution in [0.2, 0.25) is 0 Å². The number of para-hydroxylation sites is 1. The molecule has 106 valence electrons. The Hall–Kier alpha value is -2.95. The quantitative estimate of drug-likeness (QED) is 0.644. The van der Waals surface area contributed by atoms with E-state index in [1.54, 1.807) is 25.4 Å². The van der Waals surface area contributed by atoms with E-state index in [0.29, 0.717) is 22.5 Å². The van der Waals surface area contributed by atoms with E-state index < -0.39 is 5.91 Å². The van der Waals surface area contributed by atoms with Gasteiger partial charge in [-0.15, -0.1) is 0 Å². The molecule has 0 radical (unpaired) electrons. The summed E-state index contributed by atoms with van der Waals surface area (Å²) < 4.78 is 5.41. The van der Waals surface area contributed by atoms with Crippen molar-refractivity contribution in [3.05, 3.63) is 48.2 Å². The largest absolute Gasteiger partial charge is 0.494 e. The highest BCUT2D eigenvalue weighted by Gasteiger charge is 2.15. The van der Waals surface area contributed by atoms with Gasteiger partial charge >= 0.3 is 0 Å². The fourth-order valence-electron chi connectivity index (χ4n) is 2.59. The van der Waals surface area contributed by atoms with E-state index in [1.165, 1.54) is 0 Å². The van der Waals surface area contributed by atoms with Crippen molar-refractivity contribution in [1.82, 2.24) is 4.98 Å². The Balaban J connectivity index is 2.33. The van der Waals surface area contributed by atoms with Gasteiger partial charge in [0.25, 0.3) is 5.91 Å². The molecule has 0 aliphatic rings. The highest BCUT2D eigenvalue weighted by Crippen LogP contribution is 2.38. The van der Waals surface area contributed by atoms with Crippen molar-refractivity contribution in [3.8, 4) is 16.9 Å². The number of H-pyrrole nitrogens is 1. The number of nitrogens with two attached hydrogens (primary N) is 2. The van der Waals surface area contributed by atoms with Crippen molar-refractivity contribution in [3.63, 3.8) is 0 Å². The number of anilines is 1. The van der Waals surface area contributed by atoms with Crippen LogP contribution < -0.4 is 16.2 Å². The van der Waals surface area contributed by atoms with Gasteiger partial charge in [-0.05, 0) is 23.8 Å². The number of amides is 1. The fourth-order valence-corrected chi connectivity index (χ4v) is 2.59. The molecule has 1 aromatic heterocycles. The Morgan fingerprint density at radius 3 is 2.67 bits per heavy atom. The Kier molecular flexibility index (Phi) is 3.02. The van der Waals surface area contributed by atoms with Gasteiger partial charge in [0.2, 0.25) is 0 Å². The molecule has 0 saturated heterocycles. The first kappa shape index (κ1) is 13.1. The first-order chi connectivity index (χ1) is 10.1. The first-order valence-electron chi connectivity index (χ1n) is 6.46. The van der Waals surface area contributed by atoms with Crippen LogP contribution in [-0.4, -0.2) is 18.0 Å². The molecule has 1 heterocycles. The number of fused-ring (bicyclic) bond motifs is 1. The second-order valence-corrected chi connectivity index (χ2v) is 4.72. The van der Waals surface area contributed by atoms with E-state index in [1.807, 2.05) is 24.3 Å². The summed E-state index contributed by atoms with van der Waals surface area (Å²) in [6.07, 6.45) is 1.78. The van der Waals surface area contributed by atoms with Crippen LogP contribution >= 0.6 is 0 Å². The number of aromatic amines is 1.